The maximum absolute atomic E-state index is 4.49. The topological polar surface area (TPSA) is 0 Å². The van der Waals surface area contributed by atoms with Gasteiger partial charge in [0.15, 0.2) is 0 Å². The van der Waals surface area contributed by atoms with Crippen molar-refractivity contribution < 1.29 is 18.2 Å². The molecule has 0 N–H and O–H groups in total. The molecule has 0 nitrogen and oxygen atoms in total. The molecule has 0 amide bonds. The van der Waals surface area contributed by atoms with Crippen LogP contribution in [0.5, 0.6) is 0 Å². The molecule has 16 heavy (non-hydrogen) atoms. The van der Waals surface area contributed by atoms with Gasteiger partial charge in [-0.1, -0.05) is 7.43 Å². The summed E-state index contributed by atoms with van der Waals surface area (Å²) < 4.78 is 0. The Morgan fingerprint density at radius 1 is 0.875 bits per heavy atom. The summed E-state index contributed by atoms with van der Waals surface area (Å²) in [6.45, 7) is 19.1. The van der Waals surface area contributed by atoms with E-state index in [9.17, 15) is 0 Å². The quantitative estimate of drug-likeness (QED) is 0.306. The first-order valence-electron chi connectivity index (χ1n) is 5.06. The van der Waals surface area contributed by atoms with Gasteiger partial charge in [-0.05, 0) is 55.4 Å². The third-order valence-electron chi connectivity index (χ3n) is 2.19. The van der Waals surface area contributed by atoms with Gasteiger partial charge in [0.05, 0.1) is 16.0 Å². The van der Waals surface area contributed by atoms with Gasteiger partial charge in [-0.2, -0.15) is 0 Å². The Labute approximate surface area is 121 Å². The van der Waals surface area contributed by atoms with E-state index < -0.39 is 0 Å². The fraction of sp³-hybridized carbons (Fsp3) is 0.923. The molecule has 106 valence electrons. The van der Waals surface area contributed by atoms with Crippen LogP contribution in [0.4, 0.5) is 0 Å². The molecule has 0 aliphatic heterocycles. The van der Waals surface area contributed by atoms with Crippen molar-refractivity contribution in [3.05, 3.63) is 7.43 Å². The van der Waals surface area contributed by atoms with Crippen molar-refractivity contribution >= 4 is 17.5 Å². The van der Waals surface area contributed by atoms with Crippen LogP contribution in [-0.2, 0) is 18.2 Å². The fourth-order valence-corrected chi connectivity index (χ4v) is 8.57. The van der Waals surface area contributed by atoms with E-state index >= 15 is 0 Å². The molecular weight excluding hydrogens is 329 g/mol. The third kappa shape index (κ3) is 10.5. The maximum atomic E-state index is 4.49. The van der Waals surface area contributed by atoms with Crippen molar-refractivity contribution in [2.45, 2.75) is 78.8 Å². The summed E-state index contributed by atoms with van der Waals surface area (Å²) in [6.07, 6.45) is 0. The van der Waals surface area contributed by atoms with Crippen LogP contribution in [0.15, 0.2) is 0 Å². The molecular formula is C13H33ClPPd+. The van der Waals surface area contributed by atoms with Gasteiger partial charge >= 0.3 is 27.7 Å². The van der Waals surface area contributed by atoms with Crippen molar-refractivity contribution in [3.63, 3.8) is 0 Å². The molecule has 0 spiro atoms. The van der Waals surface area contributed by atoms with Gasteiger partial charge in [0.1, 0.15) is 0 Å². The van der Waals surface area contributed by atoms with E-state index in [4.69, 9.17) is 0 Å². The number of rotatable bonds is 1. The van der Waals surface area contributed by atoms with Crippen LogP contribution < -0.4 is 0 Å². The summed E-state index contributed by atoms with van der Waals surface area (Å²) in [7, 11) is 4.20. The first-order chi connectivity index (χ1) is 6.07. The predicted octanol–water partition coefficient (Wildman–Crippen LogP) is 5.98. The minimum atomic E-state index is -0.293. The van der Waals surface area contributed by atoms with Gasteiger partial charge in [0.2, 0.25) is 0 Å². The summed E-state index contributed by atoms with van der Waals surface area (Å²) in [5.41, 5.74) is 0.870. The van der Waals surface area contributed by atoms with Crippen LogP contribution in [0.1, 0.15) is 62.8 Å². The van der Waals surface area contributed by atoms with Crippen LogP contribution in [-0.4, -0.2) is 16.0 Å². The second-order valence-electron chi connectivity index (χ2n) is 6.07. The standard InChI is InChI=1S/C11H25P.CH4.CH3.ClH.Pd/c1-9(2)12(10(3,4)5)11(6,7)8;;;;/h9H,1-8H3;1H4;1H3;1H;/q;;-1;;+2. The van der Waals surface area contributed by atoms with Crippen LogP contribution >= 0.6 is 17.5 Å². The molecule has 0 fully saturated rings. The normalized spacial score (nSPS) is 11.3. The van der Waals surface area contributed by atoms with Gasteiger partial charge in [0.25, 0.3) is 0 Å². The Morgan fingerprint density at radius 3 is 1.06 bits per heavy atom. The predicted molar refractivity (Wildman–Crippen MR) is 82.0 cm³/mol. The van der Waals surface area contributed by atoms with Crippen LogP contribution in [0, 0.1) is 7.43 Å². The zero-order valence-corrected chi connectivity index (χ0v) is 15.1. The van der Waals surface area contributed by atoms with E-state index in [1.807, 2.05) is 0 Å². The average molecular weight is 362 g/mol. The SMILES string of the molecule is C.CC(C)[PH+](C(C)(C)C)C(C)(C)C.[CH3-].[Cl][Pd+]. The molecule has 0 saturated heterocycles. The van der Waals surface area contributed by atoms with E-state index in [1.165, 1.54) is 0 Å². The molecule has 0 aliphatic carbocycles. The molecule has 0 aromatic carbocycles. The van der Waals surface area contributed by atoms with Gasteiger partial charge in [-0.3, -0.25) is 0 Å². The minimum absolute atomic E-state index is 0. The number of hydrogen-bond donors (Lipinski definition) is 0. The van der Waals surface area contributed by atoms with Gasteiger partial charge in [-0.25, -0.2) is 0 Å². The molecule has 3 heteroatoms. The van der Waals surface area contributed by atoms with Crippen LogP contribution in [0.2, 0.25) is 0 Å². The Kier molecular flexibility index (Phi) is 16.8. The van der Waals surface area contributed by atoms with E-state index in [-0.39, 0.29) is 22.8 Å². The van der Waals surface area contributed by atoms with Crippen molar-refractivity contribution in [1.29, 1.82) is 0 Å². The first kappa shape index (κ1) is 26.0. The summed E-state index contributed by atoms with van der Waals surface area (Å²) >= 11 is 2.22. The van der Waals surface area contributed by atoms with Crippen molar-refractivity contribution in [2.75, 3.05) is 0 Å². The second kappa shape index (κ2) is 10.3. The molecule has 0 aliphatic rings. The van der Waals surface area contributed by atoms with Crippen molar-refractivity contribution in [1.82, 2.24) is 0 Å². The summed E-state index contributed by atoms with van der Waals surface area (Å²) in [6, 6.07) is 0. The summed E-state index contributed by atoms with van der Waals surface area (Å²) in [5, 5.41) is 1.05. The van der Waals surface area contributed by atoms with Crippen molar-refractivity contribution in [2.24, 2.45) is 0 Å². The Balaban J connectivity index is -0.000000169. The Morgan fingerprint density at radius 2 is 1.06 bits per heavy atom. The van der Waals surface area contributed by atoms with Gasteiger partial charge in [0, 0.05) is 7.92 Å². The Hall–Kier alpha value is 1.38. The van der Waals surface area contributed by atoms with E-state index in [2.05, 4.69) is 83.1 Å². The molecule has 0 unspecified atom stereocenters. The summed E-state index contributed by atoms with van der Waals surface area (Å²) in [5.74, 6) is 0. The fourth-order valence-electron chi connectivity index (χ4n) is 2.86. The number of hydrogen-bond acceptors (Lipinski definition) is 0. The zero-order chi connectivity index (χ0) is 12.2. The molecule has 0 aromatic heterocycles. The molecule has 0 heterocycles. The van der Waals surface area contributed by atoms with E-state index in [0.29, 0.717) is 10.3 Å². The van der Waals surface area contributed by atoms with Crippen LogP contribution in [0.3, 0.4) is 0 Å². The molecule has 0 saturated carbocycles. The monoisotopic (exact) mass is 361 g/mol. The molecule has 0 atom stereocenters. The number of halogens is 1. The van der Waals surface area contributed by atoms with Crippen molar-refractivity contribution in [3.8, 4) is 0 Å². The van der Waals surface area contributed by atoms with Gasteiger partial charge < -0.3 is 7.43 Å². The average Bonchev–Trinajstić information content (AvgIpc) is 1.82. The first-order valence-corrected chi connectivity index (χ1v) is 8.64. The third-order valence-corrected chi connectivity index (χ3v) is 6.58. The molecule has 0 radical (unpaired) electrons. The molecule has 0 bridgehead atoms. The Bertz CT molecular complexity index is 131. The molecule has 0 aromatic rings. The second-order valence-corrected chi connectivity index (χ2v) is 11.1. The van der Waals surface area contributed by atoms with E-state index in [0.717, 1.165) is 5.66 Å². The zero-order valence-electron chi connectivity index (χ0n) is 11.8. The summed E-state index contributed by atoms with van der Waals surface area (Å²) in [4.78, 5) is 0. The molecule has 0 rings (SSSR count). The van der Waals surface area contributed by atoms with Gasteiger partial charge in [-0.15, -0.1) is 0 Å². The van der Waals surface area contributed by atoms with Crippen LogP contribution in [0.25, 0.3) is 0 Å². The van der Waals surface area contributed by atoms with E-state index in [1.54, 1.807) is 0 Å².